The molecule has 174 valence electrons. The van der Waals surface area contributed by atoms with Crippen LogP contribution in [0.25, 0.3) is 17.0 Å². The van der Waals surface area contributed by atoms with Gasteiger partial charge in [0.2, 0.25) is 0 Å². The van der Waals surface area contributed by atoms with E-state index in [1.54, 1.807) is 49.4 Å². The number of benzene rings is 2. The van der Waals surface area contributed by atoms with Gasteiger partial charge in [0.1, 0.15) is 29.2 Å². The van der Waals surface area contributed by atoms with E-state index in [1.807, 2.05) is 6.92 Å². The van der Waals surface area contributed by atoms with Crippen molar-refractivity contribution in [2.24, 2.45) is 0 Å². The number of hydroxylamine groups is 1. The van der Waals surface area contributed by atoms with Gasteiger partial charge in [0.25, 0.3) is 0 Å². The lowest BCUT2D eigenvalue weighted by atomic mass is 10.1. The second kappa shape index (κ2) is 11.8. The molecule has 8 nitrogen and oxygen atoms in total. The van der Waals surface area contributed by atoms with Gasteiger partial charge >= 0.3 is 5.97 Å². The van der Waals surface area contributed by atoms with Gasteiger partial charge in [-0.2, -0.15) is 0 Å². The molecule has 2 N–H and O–H groups in total. The van der Waals surface area contributed by atoms with Crippen LogP contribution in [0, 0.1) is 5.82 Å². The van der Waals surface area contributed by atoms with E-state index in [0.717, 1.165) is 5.56 Å². The Morgan fingerprint density at radius 1 is 1.18 bits per heavy atom. The van der Waals surface area contributed by atoms with Crippen molar-refractivity contribution in [1.29, 1.82) is 0 Å². The number of aromatic nitrogens is 1. The highest BCUT2D eigenvalue weighted by Gasteiger charge is 2.18. The number of nitrogens with zero attached hydrogens (tertiary/aromatic N) is 1. The van der Waals surface area contributed by atoms with Crippen LogP contribution >= 0.6 is 0 Å². The molecule has 0 aliphatic carbocycles. The highest BCUT2D eigenvalue weighted by atomic mass is 19.1. The van der Waals surface area contributed by atoms with Crippen molar-refractivity contribution in [3.8, 4) is 17.0 Å². The van der Waals surface area contributed by atoms with Crippen LogP contribution in [0.4, 0.5) is 4.39 Å². The van der Waals surface area contributed by atoms with Crippen LogP contribution in [-0.4, -0.2) is 35.6 Å². The Kier molecular flexibility index (Phi) is 8.56. The van der Waals surface area contributed by atoms with Crippen molar-refractivity contribution >= 4 is 11.7 Å². The number of aliphatic carboxylic acids is 1. The number of carboxylic acid groups (broad SMARTS) is 1. The topological polar surface area (TPSA) is 103 Å². The van der Waals surface area contributed by atoms with E-state index in [9.17, 15) is 14.3 Å². The predicted molar refractivity (Wildman–Crippen MR) is 118 cm³/mol. The Hall–Kier alpha value is -3.69. The van der Waals surface area contributed by atoms with Crippen molar-refractivity contribution in [3.05, 3.63) is 78.0 Å². The number of nitrogens with one attached hydrogen (secondary N) is 1. The molecule has 0 saturated carbocycles. The third kappa shape index (κ3) is 6.90. The van der Waals surface area contributed by atoms with E-state index < -0.39 is 12.1 Å². The van der Waals surface area contributed by atoms with Gasteiger partial charge < -0.3 is 19.1 Å². The zero-order chi connectivity index (χ0) is 23.6. The molecule has 0 spiro atoms. The normalized spacial score (nSPS) is 12.4. The number of carboxylic acids is 1. The summed E-state index contributed by atoms with van der Waals surface area (Å²) in [5.41, 5.74) is 5.09. The highest BCUT2D eigenvalue weighted by molar-refractivity contribution is 5.72. The summed E-state index contributed by atoms with van der Waals surface area (Å²) in [7, 11) is 0. The number of hydrogen-bond donors (Lipinski definition) is 2. The first-order chi connectivity index (χ1) is 16.0. The van der Waals surface area contributed by atoms with Gasteiger partial charge in [0.05, 0.1) is 6.61 Å². The molecule has 0 bridgehead atoms. The van der Waals surface area contributed by atoms with Crippen LogP contribution in [0.2, 0.25) is 0 Å². The Balaban J connectivity index is 1.77. The maximum Gasteiger partial charge on any atom is 0.333 e. The minimum atomic E-state index is -1.02. The first kappa shape index (κ1) is 24.0. The minimum absolute atomic E-state index is 0.206. The molecule has 1 unspecified atom stereocenters. The lowest BCUT2D eigenvalue weighted by molar-refractivity contribution is -0.149. The molecule has 1 heterocycles. The van der Waals surface area contributed by atoms with Gasteiger partial charge in [-0.05, 0) is 55.8 Å². The summed E-state index contributed by atoms with van der Waals surface area (Å²) in [4.78, 5) is 16.6. The van der Waals surface area contributed by atoms with E-state index in [0.29, 0.717) is 41.7 Å². The van der Waals surface area contributed by atoms with Crippen LogP contribution in [0.15, 0.2) is 65.4 Å². The Bertz CT molecular complexity index is 1080. The average molecular weight is 456 g/mol. The van der Waals surface area contributed by atoms with E-state index in [2.05, 4.69) is 10.6 Å². The molecule has 1 atom stereocenters. The fourth-order valence-corrected chi connectivity index (χ4v) is 2.95. The van der Waals surface area contributed by atoms with Crippen molar-refractivity contribution in [1.82, 2.24) is 10.6 Å². The number of halogens is 1. The lowest BCUT2D eigenvalue weighted by Gasteiger charge is -2.13. The molecule has 0 radical (unpaired) electrons. The second-order valence-electron chi connectivity index (χ2n) is 6.90. The summed E-state index contributed by atoms with van der Waals surface area (Å²) in [5, 5.41) is 13.3. The van der Waals surface area contributed by atoms with Gasteiger partial charge in [-0.25, -0.2) is 9.18 Å². The molecular formula is C24H25FN2O6. The summed E-state index contributed by atoms with van der Waals surface area (Å²) in [5.74, 6) is -0.524. The maximum absolute atomic E-state index is 13.2. The summed E-state index contributed by atoms with van der Waals surface area (Å²) < 4.78 is 29.6. The number of ether oxygens (including phenoxy) is 2. The maximum atomic E-state index is 13.2. The molecule has 0 amide bonds. The molecule has 1 aromatic heterocycles. The standard InChI is InChI=1S/C24H25FN2O6/c1-3-30-23(24(28)29)13-16-6-5-7-19(12-16)31-15-21(26-32-4-2)22-14-20(27-33-22)17-8-10-18(25)11-9-17/h5-12,14-15,23,26H,3-4,13H2,1-2H3,(H,28,29). The first-order valence-electron chi connectivity index (χ1n) is 10.4. The summed E-state index contributed by atoms with van der Waals surface area (Å²) in [6.07, 6.45) is 0.674. The van der Waals surface area contributed by atoms with Gasteiger partial charge in [-0.1, -0.05) is 17.3 Å². The molecular weight excluding hydrogens is 431 g/mol. The Labute approximate surface area is 190 Å². The fourth-order valence-electron chi connectivity index (χ4n) is 2.95. The smallest absolute Gasteiger partial charge is 0.333 e. The average Bonchev–Trinajstić information content (AvgIpc) is 3.29. The first-order valence-corrected chi connectivity index (χ1v) is 10.4. The van der Waals surface area contributed by atoms with Crippen LogP contribution in [0.3, 0.4) is 0 Å². The third-order valence-corrected chi connectivity index (χ3v) is 4.52. The molecule has 0 saturated heterocycles. The molecule has 0 aliphatic heterocycles. The van der Waals surface area contributed by atoms with E-state index in [-0.39, 0.29) is 12.2 Å². The molecule has 3 rings (SSSR count). The van der Waals surface area contributed by atoms with Crippen molar-refractivity contribution in [3.63, 3.8) is 0 Å². The molecule has 9 heteroatoms. The number of rotatable bonds is 12. The molecule has 2 aromatic carbocycles. The SMILES string of the molecule is CCONC(=COc1cccc(CC(OCC)C(=O)O)c1)c1cc(-c2ccc(F)cc2)no1. The third-order valence-electron chi connectivity index (χ3n) is 4.52. The monoisotopic (exact) mass is 456 g/mol. The summed E-state index contributed by atoms with van der Waals surface area (Å²) in [6, 6.07) is 14.6. The van der Waals surface area contributed by atoms with Gasteiger partial charge in [-0.15, -0.1) is 0 Å². The van der Waals surface area contributed by atoms with E-state index >= 15 is 0 Å². The Morgan fingerprint density at radius 3 is 2.67 bits per heavy atom. The fraction of sp³-hybridized carbons (Fsp3) is 0.250. The highest BCUT2D eigenvalue weighted by Crippen LogP contribution is 2.23. The van der Waals surface area contributed by atoms with Crippen molar-refractivity contribution < 1.29 is 33.1 Å². The van der Waals surface area contributed by atoms with E-state index in [1.165, 1.54) is 18.4 Å². The van der Waals surface area contributed by atoms with Crippen LogP contribution < -0.4 is 10.2 Å². The van der Waals surface area contributed by atoms with Crippen molar-refractivity contribution in [2.45, 2.75) is 26.4 Å². The summed E-state index contributed by atoms with van der Waals surface area (Å²) in [6.45, 7) is 4.26. The molecule has 3 aromatic rings. The van der Waals surface area contributed by atoms with Gasteiger partial charge in [-0.3, -0.25) is 10.3 Å². The molecule has 0 aliphatic rings. The quantitative estimate of drug-likeness (QED) is 0.305. The van der Waals surface area contributed by atoms with Gasteiger partial charge in [0, 0.05) is 24.7 Å². The zero-order valence-electron chi connectivity index (χ0n) is 18.3. The summed E-state index contributed by atoms with van der Waals surface area (Å²) >= 11 is 0. The largest absolute Gasteiger partial charge is 0.479 e. The van der Waals surface area contributed by atoms with Crippen LogP contribution in [0.5, 0.6) is 5.75 Å². The zero-order valence-corrected chi connectivity index (χ0v) is 18.3. The molecule has 33 heavy (non-hydrogen) atoms. The minimum Gasteiger partial charge on any atom is -0.479 e. The lowest BCUT2D eigenvalue weighted by Crippen LogP contribution is -2.26. The molecule has 0 fully saturated rings. The van der Waals surface area contributed by atoms with E-state index in [4.69, 9.17) is 18.8 Å². The van der Waals surface area contributed by atoms with Crippen LogP contribution in [0.1, 0.15) is 25.2 Å². The van der Waals surface area contributed by atoms with Crippen molar-refractivity contribution in [2.75, 3.05) is 13.2 Å². The second-order valence-corrected chi connectivity index (χ2v) is 6.90. The Morgan fingerprint density at radius 2 is 1.97 bits per heavy atom. The van der Waals surface area contributed by atoms with Crippen LogP contribution in [-0.2, 0) is 20.8 Å². The number of hydrogen-bond acceptors (Lipinski definition) is 7. The predicted octanol–water partition coefficient (Wildman–Crippen LogP) is 4.43. The van der Waals surface area contributed by atoms with Gasteiger partial charge in [0.15, 0.2) is 11.9 Å². The number of carbonyl (C=O) groups is 1.